The van der Waals surface area contributed by atoms with Gasteiger partial charge in [0, 0.05) is 53.2 Å². The van der Waals surface area contributed by atoms with E-state index in [-0.39, 0.29) is 55.5 Å². The molecule has 3 aliphatic heterocycles. The van der Waals surface area contributed by atoms with Crippen molar-refractivity contribution in [2.24, 2.45) is 51.8 Å². The van der Waals surface area contributed by atoms with Crippen LogP contribution in [0.15, 0.2) is 80.5 Å². The van der Waals surface area contributed by atoms with Crippen molar-refractivity contribution in [3.8, 4) is 0 Å². The Labute approximate surface area is 639 Å². The van der Waals surface area contributed by atoms with Gasteiger partial charge < -0.3 is 65.3 Å². The number of aryl methyl sites for hydroxylation is 3. The highest BCUT2D eigenvalue weighted by Crippen LogP contribution is 2.37. The fourth-order valence-corrected chi connectivity index (χ4v) is 14.6. The summed E-state index contributed by atoms with van der Waals surface area (Å²) in [6.45, 7) is 36.0. The third-order valence-electron chi connectivity index (χ3n) is 21.1. The largest absolute Gasteiger partial charge is 0.458 e. The summed E-state index contributed by atoms with van der Waals surface area (Å²) in [7, 11) is 0. The van der Waals surface area contributed by atoms with Crippen molar-refractivity contribution < 1.29 is 94.0 Å². The lowest BCUT2D eigenvalue weighted by molar-refractivity contribution is -0.157. The van der Waals surface area contributed by atoms with Crippen LogP contribution in [0.3, 0.4) is 0 Å². The number of esters is 3. The summed E-state index contributed by atoms with van der Waals surface area (Å²) >= 11 is 4.53. The predicted octanol–water partition coefficient (Wildman–Crippen LogP) is 11.5. The molecule has 0 fully saturated rings. The van der Waals surface area contributed by atoms with Crippen molar-refractivity contribution in [3.63, 3.8) is 0 Å². The van der Waals surface area contributed by atoms with Gasteiger partial charge in [0.2, 0.25) is 0 Å². The Bertz CT molecular complexity index is 3660. The second-order valence-electron chi connectivity index (χ2n) is 31.5. The number of hydrogen-bond donors (Lipinski definition) is 10. The fourth-order valence-electron chi connectivity index (χ4n) is 12.9. The zero-order valence-electron chi connectivity index (χ0n) is 65.9. The molecule has 3 aromatic heterocycles. The maximum atomic E-state index is 13.2. The number of cyclic esters (lactones) is 3. The van der Waals surface area contributed by atoms with Crippen molar-refractivity contribution >= 4 is 87.5 Å². The average Bonchev–Trinajstić information content (AvgIpc) is 1.88. The number of thiazole rings is 3. The van der Waals surface area contributed by atoms with Crippen molar-refractivity contribution in [3.05, 3.63) is 113 Å². The Morgan fingerprint density at radius 2 is 0.783 bits per heavy atom. The number of hydrogen-bond acceptors (Lipinski definition) is 25. The fraction of sp³-hybridized carbons (Fsp3) is 0.642. The van der Waals surface area contributed by atoms with Crippen LogP contribution in [0.2, 0.25) is 0 Å². The molecule has 25 heteroatoms. The summed E-state index contributed by atoms with van der Waals surface area (Å²) in [4.78, 5) is 91.3. The lowest BCUT2D eigenvalue weighted by atomic mass is 9.72. The number of ketones is 3. The summed E-state index contributed by atoms with van der Waals surface area (Å²) in [5.41, 5.74) is 0.492. The molecule has 0 bridgehead atoms. The molecule has 6 rings (SSSR count). The first-order chi connectivity index (χ1) is 49.0. The summed E-state index contributed by atoms with van der Waals surface area (Å²) in [5.74, 6) is -6.27. The standard InChI is InChI=1S/2C27H41NO7S.C27H39NO5S/c1-14-8-9-21(15(2)10-19-13-36-18(5)28-19)35-23(31)12-22(30)27(6,7)26(34)17(4)24(32)16(3)11-20(29)25(14)33;1-15-9-8-10-27(7,34)22(30)12-20(16(2)11-19-14-36-18(4)28-19)35-23(31)13-21(29)26(5,6)25(33)17(3)24(15)32;1-16-9-8-10-17(2)25(31)19(4)26(32)27(6,7)23(29)14-24(30)33-22(12-11-16)18(3)13-21-15-34-20(5)28-21/h8,10,13,16-17,20-22,24-25,29-30,32-33H,9,11-12H2,1-7H3;8,10-11,14-15,17,20-22,24,29-30,32,34H,9,12-13H2,1-7H3;8-9,11,13,15,17,19,22-23,25,29,31H,10,12,14H2,1-7H3/b14-8-,15-10+;10-8+,16-11+;9-8+,16-11-,18-13+/t16-,17+,20+,21-,22-,24-,25+;15-,17+,20-,21-,22?,24-,27?;17-,19+,22-,23-,25-/m000/s1. The quantitative estimate of drug-likeness (QED) is 0.0622. The summed E-state index contributed by atoms with van der Waals surface area (Å²) in [5, 5.41) is 116. The number of carbonyl (C=O) groups excluding carboxylic acids is 6. The number of nitrogens with zero attached hydrogens (tertiary/aromatic N) is 3. The van der Waals surface area contributed by atoms with E-state index in [2.05, 4.69) is 15.0 Å². The van der Waals surface area contributed by atoms with Crippen molar-refractivity contribution in [2.45, 2.75) is 282 Å². The zero-order chi connectivity index (χ0) is 80.4. The van der Waals surface area contributed by atoms with Gasteiger partial charge in [-0.2, -0.15) is 0 Å². The van der Waals surface area contributed by atoms with Crippen molar-refractivity contribution in [2.75, 3.05) is 0 Å². The number of aliphatic hydroxyl groups excluding tert-OH is 9. The molecule has 3 aromatic rings. The molecule has 592 valence electrons. The van der Waals surface area contributed by atoms with Gasteiger partial charge in [0.1, 0.15) is 47.4 Å². The van der Waals surface area contributed by atoms with Crippen LogP contribution in [-0.4, -0.2) is 180 Å². The van der Waals surface area contributed by atoms with Gasteiger partial charge in [-0.15, -0.1) is 34.0 Å². The number of ether oxygens (including phenoxy) is 3. The first-order valence-corrected chi connectivity index (χ1v) is 39.2. The van der Waals surface area contributed by atoms with Crippen LogP contribution in [0.4, 0.5) is 0 Å². The normalized spacial score (nSPS) is 34.7. The molecule has 19 atom stereocenters. The number of aliphatic hydroxyl groups is 10. The Kier molecular flexibility index (Phi) is 35.5. The SMILES string of the molecule is C/C(=C\c1csc(C)n1)[C@@H]1CC(O)C(C)(O)/C=C/C[C@H](C)[C@H](O)[C@@H](C)C(=O)C(C)(C)[C@@H](O)CC(=O)O1.C/C1=C/C[C@@H](/C(C)=C/c2csc(C)n2)OC(=O)C[C@H](O)C(C)(C)C(=O)[C@H](C)[C@@H](O)[C@@H](C)C[C@@H](O)[C@@H]1O.CC1=C/C[C@@H](/C(C)=C/c2csc(C)n2)OC(=O)C[C@H](O)C(C)(C)C(=O)[C@H](C)[C@@H](O)[C@@H](C)C\C=C\1. The van der Waals surface area contributed by atoms with E-state index in [1.165, 1.54) is 35.7 Å². The maximum Gasteiger partial charge on any atom is 0.309 e. The van der Waals surface area contributed by atoms with E-state index in [1.807, 2.05) is 95.0 Å². The van der Waals surface area contributed by atoms with Crippen LogP contribution in [0.5, 0.6) is 0 Å². The van der Waals surface area contributed by atoms with Gasteiger partial charge in [-0.05, 0) is 140 Å². The van der Waals surface area contributed by atoms with E-state index in [1.54, 1.807) is 120 Å². The number of carbonyl (C=O) groups is 6. The molecule has 0 spiro atoms. The molecule has 2 unspecified atom stereocenters. The molecule has 0 radical (unpaired) electrons. The minimum Gasteiger partial charge on any atom is -0.458 e. The minimum absolute atomic E-state index is 0.0780. The number of Topliss-reactive ketones (excluding diaryl/α,β-unsaturated/α-hetero) is 3. The topological polar surface area (TPSA) is 371 Å². The molecular weight excluding hydrogens is 1420 g/mol. The van der Waals surface area contributed by atoms with E-state index < -0.39 is 149 Å². The van der Waals surface area contributed by atoms with Gasteiger partial charge in [0.25, 0.3) is 0 Å². The monoisotopic (exact) mass is 1540 g/mol. The Hall–Kier alpha value is -5.91. The van der Waals surface area contributed by atoms with E-state index in [0.29, 0.717) is 36.1 Å². The van der Waals surface area contributed by atoms with E-state index in [4.69, 9.17) is 14.2 Å². The van der Waals surface area contributed by atoms with Crippen molar-refractivity contribution in [1.82, 2.24) is 15.0 Å². The zero-order valence-corrected chi connectivity index (χ0v) is 68.3. The van der Waals surface area contributed by atoms with Gasteiger partial charge >= 0.3 is 17.9 Å². The first kappa shape index (κ1) is 92.5. The molecule has 0 saturated heterocycles. The van der Waals surface area contributed by atoms with Crippen LogP contribution in [0, 0.1) is 72.5 Å². The smallest absolute Gasteiger partial charge is 0.309 e. The molecule has 0 aromatic carbocycles. The predicted molar refractivity (Wildman–Crippen MR) is 415 cm³/mol. The first-order valence-electron chi connectivity index (χ1n) is 36.6. The second-order valence-corrected chi connectivity index (χ2v) is 34.7. The lowest BCUT2D eigenvalue weighted by Gasteiger charge is -2.35. The van der Waals surface area contributed by atoms with Gasteiger partial charge in [-0.25, -0.2) is 15.0 Å². The van der Waals surface area contributed by atoms with Crippen LogP contribution in [0.1, 0.15) is 215 Å². The summed E-state index contributed by atoms with van der Waals surface area (Å²) in [6.07, 6.45) is 4.33. The third-order valence-corrected chi connectivity index (χ3v) is 23.5. The van der Waals surface area contributed by atoms with E-state index in [9.17, 15) is 79.8 Å². The van der Waals surface area contributed by atoms with Crippen LogP contribution < -0.4 is 0 Å². The molecule has 0 amide bonds. The average molecular weight is 1540 g/mol. The molecule has 0 saturated carbocycles. The molecule has 106 heavy (non-hydrogen) atoms. The lowest BCUT2D eigenvalue weighted by Crippen LogP contribution is -2.46. The van der Waals surface area contributed by atoms with Gasteiger partial charge in [0.15, 0.2) is 0 Å². The van der Waals surface area contributed by atoms with Crippen LogP contribution >= 0.6 is 34.0 Å². The Balaban J connectivity index is 0.000000336. The maximum absolute atomic E-state index is 13.2. The summed E-state index contributed by atoms with van der Waals surface area (Å²) in [6, 6.07) is 0. The van der Waals surface area contributed by atoms with Crippen molar-refractivity contribution in [1.29, 1.82) is 0 Å². The van der Waals surface area contributed by atoms with Crippen LogP contribution in [-0.2, 0) is 43.0 Å². The highest BCUT2D eigenvalue weighted by atomic mass is 32.1. The molecule has 3 aliphatic rings. The Morgan fingerprint density at radius 3 is 1.14 bits per heavy atom. The molecule has 10 N–H and O–H groups in total. The van der Waals surface area contributed by atoms with E-state index in [0.717, 1.165) is 43.1 Å². The van der Waals surface area contributed by atoms with Gasteiger partial charge in [-0.1, -0.05) is 125 Å². The third kappa shape index (κ3) is 26.7. The highest BCUT2D eigenvalue weighted by molar-refractivity contribution is 7.10. The Morgan fingerprint density at radius 1 is 0.453 bits per heavy atom. The molecule has 0 aliphatic carbocycles. The summed E-state index contributed by atoms with van der Waals surface area (Å²) < 4.78 is 17.2. The number of aromatic nitrogens is 3. The second kappa shape index (κ2) is 40.7. The number of rotatable bonds is 6. The van der Waals surface area contributed by atoms with Gasteiger partial charge in [0.05, 0.1) is 116 Å². The van der Waals surface area contributed by atoms with Gasteiger partial charge in [-0.3, -0.25) is 28.8 Å². The molecule has 22 nitrogen and oxygen atoms in total. The number of allylic oxidation sites excluding steroid dienone is 4. The molecule has 6 heterocycles. The molecular formula is C81H121N3O19S3. The minimum atomic E-state index is -1.63. The van der Waals surface area contributed by atoms with E-state index >= 15 is 0 Å². The highest BCUT2D eigenvalue weighted by Gasteiger charge is 2.46. The van der Waals surface area contributed by atoms with Crippen LogP contribution in [0.25, 0.3) is 18.2 Å².